The van der Waals surface area contributed by atoms with Crippen LogP contribution in [0.1, 0.15) is 23.7 Å². The highest BCUT2D eigenvalue weighted by Gasteiger charge is 2.21. The Morgan fingerprint density at radius 3 is 3.24 bits per heavy atom. The Bertz CT molecular complexity index is 622. The summed E-state index contributed by atoms with van der Waals surface area (Å²) in [6.07, 6.45) is 4.10. The second-order valence-electron chi connectivity index (χ2n) is 4.16. The molecule has 17 heavy (non-hydrogen) atoms. The van der Waals surface area contributed by atoms with Gasteiger partial charge in [0.1, 0.15) is 5.75 Å². The zero-order valence-corrected chi connectivity index (χ0v) is 9.73. The average Bonchev–Trinajstić information content (AvgIpc) is 2.92. The van der Waals surface area contributed by atoms with Gasteiger partial charge in [0.25, 0.3) is 0 Å². The van der Waals surface area contributed by atoms with Gasteiger partial charge in [0.05, 0.1) is 30.3 Å². The van der Waals surface area contributed by atoms with Gasteiger partial charge in [-0.05, 0) is 12.5 Å². The molecule has 3 heterocycles. The first kappa shape index (κ1) is 10.2. The van der Waals surface area contributed by atoms with E-state index >= 15 is 0 Å². The summed E-state index contributed by atoms with van der Waals surface area (Å²) in [6.45, 7) is 2.80. The standard InChI is InChI=1S/C13H13N3O/c1-2-11-9(3-6-14)13-10-5-8-17-12(10)4-7-16(13)15-11/h4,7H,2-3,5,8H2,1H3. The first-order chi connectivity index (χ1) is 8.35. The Balaban J connectivity index is 2.34. The summed E-state index contributed by atoms with van der Waals surface area (Å²) in [6, 6.07) is 4.19. The molecule has 86 valence electrons. The molecule has 0 aliphatic carbocycles. The lowest BCUT2D eigenvalue weighted by Crippen LogP contribution is -1.91. The van der Waals surface area contributed by atoms with Crippen molar-refractivity contribution in [2.24, 2.45) is 0 Å². The number of pyridine rings is 1. The molecule has 0 saturated carbocycles. The predicted octanol–water partition coefficient (Wildman–Crippen LogP) is 1.90. The zero-order chi connectivity index (χ0) is 11.8. The number of rotatable bonds is 2. The molecule has 0 bridgehead atoms. The van der Waals surface area contributed by atoms with Crippen LogP contribution in [0, 0.1) is 11.3 Å². The van der Waals surface area contributed by atoms with Crippen LogP contribution in [0.3, 0.4) is 0 Å². The molecule has 0 atom stereocenters. The fourth-order valence-electron chi connectivity index (χ4n) is 2.49. The summed E-state index contributed by atoms with van der Waals surface area (Å²) < 4.78 is 7.45. The van der Waals surface area contributed by atoms with Crippen LogP contribution in [0.5, 0.6) is 5.75 Å². The molecular formula is C13H13N3O. The molecule has 3 rings (SSSR count). The maximum Gasteiger partial charge on any atom is 0.126 e. The molecule has 0 aromatic carbocycles. The zero-order valence-electron chi connectivity index (χ0n) is 9.73. The average molecular weight is 227 g/mol. The second-order valence-corrected chi connectivity index (χ2v) is 4.16. The molecule has 0 radical (unpaired) electrons. The molecule has 0 fully saturated rings. The molecule has 4 nitrogen and oxygen atoms in total. The molecule has 0 N–H and O–H groups in total. The monoisotopic (exact) mass is 227 g/mol. The molecule has 0 saturated heterocycles. The highest BCUT2D eigenvalue weighted by molar-refractivity contribution is 5.68. The molecular weight excluding hydrogens is 214 g/mol. The highest BCUT2D eigenvalue weighted by atomic mass is 16.5. The third kappa shape index (κ3) is 1.39. The van der Waals surface area contributed by atoms with E-state index in [1.54, 1.807) is 0 Å². The molecule has 4 heteroatoms. The number of aryl methyl sites for hydroxylation is 1. The van der Waals surface area contributed by atoms with Crippen LogP contribution in [-0.4, -0.2) is 16.2 Å². The molecule has 1 aliphatic rings. The molecule has 1 aliphatic heterocycles. The molecule has 0 unspecified atom stereocenters. The van der Waals surface area contributed by atoms with Gasteiger partial charge in [-0.3, -0.25) is 0 Å². The lowest BCUT2D eigenvalue weighted by atomic mass is 10.0. The van der Waals surface area contributed by atoms with Gasteiger partial charge in [0.15, 0.2) is 0 Å². The van der Waals surface area contributed by atoms with E-state index in [1.807, 2.05) is 16.8 Å². The van der Waals surface area contributed by atoms with Crippen LogP contribution in [0.4, 0.5) is 0 Å². The molecule has 0 amide bonds. The fourth-order valence-corrected chi connectivity index (χ4v) is 2.49. The van der Waals surface area contributed by atoms with Crippen LogP contribution in [0.25, 0.3) is 5.52 Å². The normalized spacial score (nSPS) is 13.4. The number of aromatic nitrogens is 2. The molecule has 0 spiro atoms. The van der Waals surface area contributed by atoms with E-state index < -0.39 is 0 Å². The topological polar surface area (TPSA) is 50.3 Å². The minimum Gasteiger partial charge on any atom is -0.493 e. The van der Waals surface area contributed by atoms with E-state index in [-0.39, 0.29) is 0 Å². The van der Waals surface area contributed by atoms with E-state index in [4.69, 9.17) is 10.00 Å². The van der Waals surface area contributed by atoms with Crippen molar-refractivity contribution < 1.29 is 4.74 Å². The van der Waals surface area contributed by atoms with Gasteiger partial charge >= 0.3 is 0 Å². The van der Waals surface area contributed by atoms with Crippen molar-refractivity contribution in [2.45, 2.75) is 26.2 Å². The van der Waals surface area contributed by atoms with Crippen molar-refractivity contribution in [1.82, 2.24) is 9.61 Å². The maximum atomic E-state index is 8.95. The Morgan fingerprint density at radius 1 is 1.59 bits per heavy atom. The Morgan fingerprint density at radius 2 is 2.47 bits per heavy atom. The Hall–Kier alpha value is -2.02. The van der Waals surface area contributed by atoms with Crippen molar-refractivity contribution in [1.29, 1.82) is 5.26 Å². The smallest absolute Gasteiger partial charge is 0.126 e. The van der Waals surface area contributed by atoms with Gasteiger partial charge in [-0.2, -0.15) is 10.4 Å². The highest BCUT2D eigenvalue weighted by Crippen LogP contribution is 2.32. The number of nitriles is 1. The summed E-state index contributed by atoms with van der Waals surface area (Å²) in [5.41, 5.74) is 4.37. The minimum atomic E-state index is 0.420. The van der Waals surface area contributed by atoms with Crippen LogP contribution in [-0.2, 0) is 19.3 Å². The summed E-state index contributed by atoms with van der Waals surface area (Å²) >= 11 is 0. The van der Waals surface area contributed by atoms with E-state index in [1.165, 1.54) is 5.56 Å². The largest absolute Gasteiger partial charge is 0.493 e. The number of nitrogens with zero attached hydrogens (tertiary/aromatic N) is 3. The van der Waals surface area contributed by atoms with E-state index in [2.05, 4.69) is 18.1 Å². The quantitative estimate of drug-likeness (QED) is 0.787. The van der Waals surface area contributed by atoms with Crippen LogP contribution in [0.2, 0.25) is 0 Å². The van der Waals surface area contributed by atoms with E-state index in [9.17, 15) is 0 Å². The van der Waals surface area contributed by atoms with Crippen molar-refractivity contribution in [3.8, 4) is 11.8 Å². The maximum absolute atomic E-state index is 8.95. The van der Waals surface area contributed by atoms with Crippen LogP contribution >= 0.6 is 0 Å². The van der Waals surface area contributed by atoms with Gasteiger partial charge in [0.2, 0.25) is 0 Å². The predicted molar refractivity (Wildman–Crippen MR) is 63.1 cm³/mol. The van der Waals surface area contributed by atoms with Gasteiger partial charge in [0, 0.05) is 23.7 Å². The van der Waals surface area contributed by atoms with Crippen LogP contribution in [0.15, 0.2) is 12.3 Å². The first-order valence-electron chi connectivity index (χ1n) is 5.87. The lowest BCUT2D eigenvalue weighted by Gasteiger charge is -2.02. The number of ether oxygens (including phenoxy) is 1. The Kier molecular flexibility index (Phi) is 2.25. The van der Waals surface area contributed by atoms with Gasteiger partial charge in [-0.1, -0.05) is 6.92 Å². The van der Waals surface area contributed by atoms with Crippen molar-refractivity contribution in [3.63, 3.8) is 0 Å². The summed E-state index contributed by atoms with van der Waals surface area (Å²) in [5, 5.41) is 13.5. The Labute approximate surface area is 99.4 Å². The van der Waals surface area contributed by atoms with Gasteiger partial charge in [-0.15, -0.1) is 0 Å². The third-order valence-corrected chi connectivity index (χ3v) is 3.24. The summed E-state index contributed by atoms with van der Waals surface area (Å²) in [4.78, 5) is 0. The van der Waals surface area contributed by atoms with Crippen molar-refractivity contribution >= 4 is 5.52 Å². The first-order valence-corrected chi connectivity index (χ1v) is 5.87. The SMILES string of the molecule is CCc1nn2ccc3c(c2c1CC#N)CCO3. The van der Waals surface area contributed by atoms with Gasteiger partial charge < -0.3 is 4.74 Å². The summed E-state index contributed by atoms with van der Waals surface area (Å²) in [7, 11) is 0. The summed E-state index contributed by atoms with van der Waals surface area (Å²) in [5.74, 6) is 0.944. The van der Waals surface area contributed by atoms with Gasteiger partial charge in [-0.25, -0.2) is 4.52 Å². The third-order valence-electron chi connectivity index (χ3n) is 3.24. The van der Waals surface area contributed by atoms with Crippen LogP contribution < -0.4 is 4.74 Å². The molecule has 2 aromatic heterocycles. The number of fused-ring (bicyclic) bond motifs is 3. The number of hydrogen-bond acceptors (Lipinski definition) is 3. The lowest BCUT2D eigenvalue weighted by molar-refractivity contribution is 0.356. The second kappa shape index (κ2) is 3.77. The van der Waals surface area contributed by atoms with Crippen molar-refractivity contribution in [3.05, 3.63) is 29.1 Å². The van der Waals surface area contributed by atoms with Crippen molar-refractivity contribution in [2.75, 3.05) is 6.61 Å². The number of hydrogen-bond donors (Lipinski definition) is 0. The fraction of sp³-hybridized carbons (Fsp3) is 0.385. The van der Waals surface area contributed by atoms with E-state index in [0.717, 1.165) is 42.0 Å². The molecule has 2 aromatic rings. The van der Waals surface area contributed by atoms with E-state index in [0.29, 0.717) is 6.42 Å². The minimum absolute atomic E-state index is 0.420.